The second-order valence-electron chi connectivity index (χ2n) is 4.73. The predicted molar refractivity (Wildman–Crippen MR) is 81.4 cm³/mol. The lowest BCUT2D eigenvalue weighted by molar-refractivity contribution is -0.152. The molecule has 0 aromatic rings. The molecule has 2 unspecified atom stereocenters. The van der Waals surface area contributed by atoms with Crippen molar-refractivity contribution in [3.05, 3.63) is 0 Å². The summed E-state index contributed by atoms with van der Waals surface area (Å²) in [5.41, 5.74) is -1.14. The number of halogens is 1. The van der Waals surface area contributed by atoms with Gasteiger partial charge in [0.05, 0.1) is 13.7 Å². The molecule has 0 bridgehead atoms. The van der Waals surface area contributed by atoms with Gasteiger partial charge in [-0.2, -0.15) is 11.8 Å². The van der Waals surface area contributed by atoms with Crippen molar-refractivity contribution in [1.82, 2.24) is 10.6 Å². The number of hydrogen-bond acceptors (Lipinski definition) is 6. The number of thioether (sulfide) groups is 1. The molecule has 118 valence electrons. The molecule has 0 spiro atoms. The molecule has 6 nitrogen and oxygen atoms in total. The maximum Gasteiger partial charge on any atom is 0.333 e. The van der Waals surface area contributed by atoms with Gasteiger partial charge in [0.25, 0.3) is 0 Å². The van der Waals surface area contributed by atoms with E-state index in [9.17, 15) is 9.59 Å². The van der Waals surface area contributed by atoms with Gasteiger partial charge in [-0.05, 0) is 6.92 Å². The van der Waals surface area contributed by atoms with Crippen molar-refractivity contribution in [2.45, 2.75) is 24.9 Å². The standard InChI is InChI=1S/C12H22N2O4S.ClH/c1-12(8-17-2,11(16)18-3)14-10(15)6-9-7-19-5-4-13-9;/h9,13H,4-8H2,1-3H3,(H,14,15);1H. The molecule has 1 saturated heterocycles. The molecule has 1 amide bonds. The van der Waals surface area contributed by atoms with E-state index in [0.29, 0.717) is 6.42 Å². The summed E-state index contributed by atoms with van der Waals surface area (Å²) >= 11 is 1.83. The monoisotopic (exact) mass is 326 g/mol. The van der Waals surface area contributed by atoms with Crippen molar-refractivity contribution in [2.75, 3.05) is 38.9 Å². The van der Waals surface area contributed by atoms with Crippen LogP contribution < -0.4 is 10.6 Å². The van der Waals surface area contributed by atoms with Gasteiger partial charge in [-0.25, -0.2) is 4.79 Å². The van der Waals surface area contributed by atoms with Crippen LogP contribution in [0.1, 0.15) is 13.3 Å². The molecule has 0 aromatic heterocycles. The molecule has 2 N–H and O–H groups in total. The van der Waals surface area contributed by atoms with Gasteiger partial charge in [0, 0.05) is 37.6 Å². The number of nitrogens with one attached hydrogen (secondary N) is 2. The largest absolute Gasteiger partial charge is 0.467 e. The van der Waals surface area contributed by atoms with Crippen LogP contribution >= 0.6 is 24.2 Å². The molecule has 1 aliphatic rings. The van der Waals surface area contributed by atoms with Crippen LogP contribution in [0.2, 0.25) is 0 Å². The summed E-state index contributed by atoms with van der Waals surface area (Å²) in [6, 6.07) is 0.156. The van der Waals surface area contributed by atoms with E-state index < -0.39 is 11.5 Å². The van der Waals surface area contributed by atoms with Crippen molar-refractivity contribution in [1.29, 1.82) is 0 Å². The van der Waals surface area contributed by atoms with E-state index in [0.717, 1.165) is 18.1 Å². The fraction of sp³-hybridized carbons (Fsp3) is 0.833. The van der Waals surface area contributed by atoms with Crippen LogP contribution in [0.15, 0.2) is 0 Å². The number of rotatable bonds is 6. The topological polar surface area (TPSA) is 76.7 Å². The molecule has 0 aromatic carbocycles. The SMILES string of the molecule is COCC(C)(NC(=O)CC1CSCCN1)C(=O)OC.Cl. The summed E-state index contributed by atoms with van der Waals surface area (Å²) in [6.07, 6.45) is 0.350. The molecular weight excluding hydrogens is 304 g/mol. The minimum Gasteiger partial charge on any atom is -0.467 e. The van der Waals surface area contributed by atoms with Gasteiger partial charge in [0.2, 0.25) is 5.91 Å². The van der Waals surface area contributed by atoms with Gasteiger partial charge in [-0.3, -0.25) is 4.79 Å². The van der Waals surface area contributed by atoms with E-state index in [1.54, 1.807) is 6.92 Å². The number of esters is 1. The van der Waals surface area contributed by atoms with Crippen LogP contribution in [0, 0.1) is 0 Å². The Balaban J connectivity index is 0.00000361. The lowest BCUT2D eigenvalue weighted by Crippen LogP contribution is -2.57. The third-order valence-corrected chi connectivity index (χ3v) is 4.05. The summed E-state index contributed by atoms with van der Waals surface area (Å²) in [5.74, 6) is 1.30. The highest BCUT2D eigenvalue weighted by Crippen LogP contribution is 2.12. The Kier molecular flexibility index (Phi) is 9.20. The van der Waals surface area contributed by atoms with Crippen LogP contribution in [0.3, 0.4) is 0 Å². The zero-order chi connectivity index (χ0) is 14.3. The van der Waals surface area contributed by atoms with E-state index in [4.69, 9.17) is 9.47 Å². The molecule has 0 radical (unpaired) electrons. The molecular formula is C12H23ClN2O4S. The Labute approximate surface area is 130 Å². The first kappa shape index (κ1) is 19.5. The molecule has 8 heteroatoms. The maximum absolute atomic E-state index is 12.0. The van der Waals surface area contributed by atoms with Crippen LogP contribution in [0.5, 0.6) is 0 Å². The average molecular weight is 327 g/mol. The number of methoxy groups -OCH3 is 2. The minimum atomic E-state index is -1.14. The summed E-state index contributed by atoms with van der Waals surface area (Å²) in [4.78, 5) is 23.7. The lowest BCUT2D eigenvalue weighted by atomic mass is 10.0. The number of carbonyl (C=O) groups is 2. The second-order valence-corrected chi connectivity index (χ2v) is 5.88. The van der Waals surface area contributed by atoms with Crippen molar-refractivity contribution >= 4 is 36.0 Å². The minimum absolute atomic E-state index is 0. The number of hydrogen-bond donors (Lipinski definition) is 2. The Morgan fingerprint density at radius 1 is 1.45 bits per heavy atom. The molecule has 2 atom stereocenters. The van der Waals surface area contributed by atoms with E-state index in [1.807, 2.05) is 11.8 Å². The highest BCUT2D eigenvalue weighted by molar-refractivity contribution is 7.99. The smallest absolute Gasteiger partial charge is 0.333 e. The Hall–Kier alpha value is -0.500. The molecule has 0 aliphatic carbocycles. The van der Waals surface area contributed by atoms with Crippen molar-refractivity contribution < 1.29 is 19.1 Å². The molecule has 20 heavy (non-hydrogen) atoms. The molecule has 1 aliphatic heterocycles. The zero-order valence-electron chi connectivity index (χ0n) is 12.1. The van der Waals surface area contributed by atoms with Gasteiger partial charge < -0.3 is 20.1 Å². The Morgan fingerprint density at radius 3 is 2.65 bits per heavy atom. The van der Waals surface area contributed by atoms with E-state index in [2.05, 4.69) is 10.6 Å². The number of carbonyl (C=O) groups excluding carboxylic acids is 2. The Bertz CT molecular complexity index is 327. The molecule has 1 heterocycles. The van der Waals surface area contributed by atoms with E-state index in [-0.39, 0.29) is 31.0 Å². The third-order valence-electron chi connectivity index (χ3n) is 2.91. The summed E-state index contributed by atoms with van der Waals surface area (Å²) in [5, 5.41) is 5.99. The fourth-order valence-electron chi connectivity index (χ4n) is 1.99. The van der Waals surface area contributed by atoms with Gasteiger partial charge in [0.15, 0.2) is 5.54 Å². The van der Waals surface area contributed by atoms with Crippen molar-refractivity contribution in [3.8, 4) is 0 Å². The van der Waals surface area contributed by atoms with Crippen molar-refractivity contribution in [2.24, 2.45) is 0 Å². The van der Waals surface area contributed by atoms with Crippen LogP contribution in [0.25, 0.3) is 0 Å². The third kappa shape index (κ3) is 5.87. The van der Waals surface area contributed by atoms with Crippen LogP contribution in [-0.4, -0.2) is 62.3 Å². The van der Waals surface area contributed by atoms with E-state index in [1.165, 1.54) is 14.2 Å². The molecule has 0 saturated carbocycles. The number of amides is 1. The molecule has 1 rings (SSSR count). The summed E-state index contributed by atoms with van der Waals surface area (Å²) in [6.45, 7) is 2.59. The predicted octanol–water partition coefficient (Wildman–Crippen LogP) is 0.198. The van der Waals surface area contributed by atoms with Gasteiger partial charge in [-0.15, -0.1) is 12.4 Å². The highest BCUT2D eigenvalue weighted by atomic mass is 35.5. The highest BCUT2D eigenvalue weighted by Gasteiger charge is 2.36. The first-order valence-corrected chi connectivity index (χ1v) is 7.37. The molecule has 1 fully saturated rings. The van der Waals surface area contributed by atoms with Gasteiger partial charge in [-0.1, -0.05) is 0 Å². The first-order valence-electron chi connectivity index (χ1n) is 6.21. The average Bonchev–Trinajstić information content (AvgIpc) is 2.38. The summed E-state index contributed by atoms with van der Waals surface area (Å²) in [7, 11) is 2.77. The summed E-state index contributed by atoms with van der Waals surface area (Å²) < 4.78 is 9.69. The normalized spacial score (nSPS) is 21.2. The fourth-order valence-corrected chi connectivity index (χ4v) is 2.94. The van der Waals surface area contributed by atoms with Crippen LogP contribution in [-0.2, 0) is 19.1 Å². The second kappa shape index (κ2) is 9.44. The Morgan fingerprint density at radius 2 is 2.15 bits per heavy atom. The van der Waals surface area contributed by atoms with E-state index >= 15 is 0 Å². The lowest BCUT2D eigenvalue weighted by Gasteiger charge is -2.29. The van der Waals surface area contributed by atoms with Crippen molar-refractivity contribution in [3.63, 3.8) is 0 Å². The maximum atomic E-state index is 12.0. The first-order chi connectivity index (χ1) is 9.01. The quantitative estimate of drug-likeness (QED) is 0.679. The number of ether oxygens (including phenoxy) is 2. The van der Waals surface area contributed by atoms with Gasteiger partial charge in [0.1, 0.15) is 0 Å². The zero-order valence-corrected chi connectivity index (χ0v) is 13.7. The van der Waals surface area contributed by atoms with Gasteiger partial charge >= 0.3 is 5.97 Å². The van der Waals surface area contributed by atoms with Crippen LogP contribution in [0.4, 0.5) is 0 Å².